The molecule has 0 bridgehead atoms. The Morgan fingerprint density at radius 1 is 1.16 bits per heavy atom. The number of hydrogen-bond acceptors (Lipinski definition) is 3. The van der Waals surface area contributed by atoms with Gasteiger partial charge in [-0.05, 0) is 44.9 Å². The summed E-state index contributed by atoms with van der Waals surface area (Å²) in [6.45, 7) is 2.98. The molecule has 1 atom stereocenters. The molecule has 3 heteroatoms. The zero-order chi connectivity index (χ0) is 13.2. The molecule has 0 aromatic carbocycles. The third kappa shape index (κ3) is 6.37. The molecule has 108 valence electrons. The molecule has 1 saturated heterocycles. The predicted octanol–water partition coefficient (Wildman–Crippen LogP) is 3.60. The molecule has 0 spiro atoms. The van der Waals surface area contributed by atoms with Crippen molar-refractivity contribution in [1.82, 2.24) is 0 Å². The molecule has 1 aliphatic carbocycles. The van der Waals surface area contributed by atoms with Gasteiger partial charge in [0, 0.05) is 13.2 Å². The maximum atomic E-state index is 5.61. The molecule has 0 amide bonds. The molecule has 2 rings (SSSR count). The van der Waals surface area contributed by atoms with Crippen molar-refractivity contribution in [3.05, 3.63) is 23.8 Å². The summed E-state index contributed by atoms with van der Waals surface area (Å²) >= 11 is 0. The Kier molecular flexibility index (Phi) is 7.22. The van der Waals surface area contributed by atoms with E-state index in [1.165, 1.54) is 31.3 Å². The molecule has 1 unspecified atom stereocenters. The van der Waals surface area contributed by atoms with Gasteiger partial charge in [-0.3, -0.25) is 0 Å². The minimum Gasteiger partial charge on any atom is -0.379 e. The van der Waals surface area contributed by atoms with Crippen molar-refractivity contribution < 1.29 is 14.2 Å². The summed E-state index contributed by atoms with van der Waals surface area (Å²) in [5.74, 6) is 0. The van der Waals surface area contributed by atoms with Crippen LogP contribution >= 0.6 is 0 Å². The number of hydrogen-bond donors (Lipinski definition) is 0. The van der Waals surface area contributed by atoms with Crippen LogP contribution in [0.3, 0.4) is 0 Å². The molecule has 19 heavy (non-hydrogen) atoms. The first-order chi connectivity index (χ1) is 9.45. The van der Waals surface area contributed by atoms with Gasteiger partial charge in [-0.1, -0.05) is 23.8 Å². The van der Waals surface area contributed by atoms with Crippen LogP contribution in [0.1, 0.15) is 44.9 Å². The van der Waals surface area contributed by atoms with E-state index in [1.54, 1.807) is 0 Å². The standard InChI is InChI=1S/C16H26O3/c1-2-7-15(8-3-1)9-6-11-17-13-14-19-16-10-4-5-12-18-16/h2,7-8,16H,1,3-6,9-14H2. The molecule has 2 aliphatic rings. The van der Waals surface area contributed by atoms with Crippen molar-refractivity contribution in [3.63, 3.8) is 0 Å². The molecule has 1 heterocycles. The van der Waals surface area contributed by atoms with Crippen LogP contribution in [-0.2, 0) is 14.2 Å². The Labute approximate surface area is 116 Å². The van der Waals surface area contributed by atoms with Gasteiger partial charge < -0.3 is 14.2 Å². The van der Waals surface area contributed by atoms with Crippen molar-refractivity contribution >= 4 is 0 Å². The highest BCUT2D eigenvalue weighted by Gasteiger charge is 2.13. The van der Waals surface area contributed by atoms with Gasteiger partial charge in [-0.2, -0.15) is 0 Å². The lowest BCUT2D eigenvalue weighted by atomic mass is 10.0. The summed E-state index contributed by atoms with van der Waals surface area (Å²) in [5.41, 5.74) is 1.46. The number of ether oxygens (including phenoxy) is 3. The highest BCUT2D eigenvalue weighted by Crippen LogP contribution is 2.15. The Morgan fingerprint density at radius 2 is 2.16 bits per heavy atom. The maximum Gasteiger partial charge on any atom is 0.157 e. The Balaban J connectivity index is 1.39. The third-order valence-electron chi connectivity index (χ3n) is 3.50. The zero-order valence-corrected chi connectivity index (χ0v) is 11.8. The van der Waals surface area contributed by atoms with Crippen molar-refractivity contribution in [2.24, 2.45) is 0 Å². The molecule has 0 aromatic rings. The summed E-state index contributed by atoms with van der Waals surface area (Å²) in [5, 5.41) is 0. The second kappa shape index (κ2) is 9.29. The lowest BCUT2D eigenvalue weighted by Crippen LogP contribution is -2.24. The average Bonchev–Trinajstić information content (AvgIpc) is 2.48. The molecular weight excluding hydrogens is 240 g/mol. The fourth-order valence-corrected chi connectivity index (χ4v) is 2.41. The molecular formula is C16H26O3. The first kappa shape index (κ1) is 14.8. The normalized spacial score (nSPS) is 23.4. The topological polar surface area (TPSA) is 27.7 Å². The smallest absolute Gasteiger partial charge is 0.157 e. The summed E-state index contributed by atoms with van der Waals surface area (Å²) in [4.78, 5) is 0. The summed E-state index contributed by atoms with van der Waals surface area (Å²) in [7, 11) is 0. The largest absolute Gasteiger partial charge is 0.379 e. The Morgan fingerprint density at radius 3 is 2.95 bits per heavy atom. The van der Waals surface area contributed by atoms with E-state index in [-0.39, 0.29) is 6.29 Å². The highest BCUT2D eigenvalue weighted by molar-refractivity contribution is 5.21. The van der Waals surface area contributed by atoms with Crippen LogP contribution in [-0.4, -0.2) is 32.7 Å². The lowest BCUT2D eigenvalue weighted by Gasteiger charge is -2.22. The van der Waals surface area contributed by atoms with Gasteiger partial charge in [0.25, 0.3) is 0 Å². The third-order valence-corrected chi connectivity index (χ3v) is 3.50. The van der Waals surface area contributed by atoms with E-state index < -0.39 is 0 Å². The van der Waals surface area contributed by atoms with Gasteiger partial charge in [0.15, 0.2) is 6.29 Å². The number of allylic oxidation sites excluding steroid dienone is 4. The van der Waals surface area contributed by atoms with E-state index in [0.717, 1.165) is 32.5 Å². The van der Waals surface area contributed by atoms with Crippen molar-refractivity contribution in [2.75, 3.05) is 26.4 Å². The fourth-order valence-electron chi connectivity index (χ4n) is 2.41. The second-order valence-corrected chi connectivity index (χ2v) is 5.14. The van der Waals surface area contributed by atoms with Gasteiger partial charge in [0.2, 0.25) is 0 Å². The minimum atomic E-state index is 0.00915. The molecule has 1 aliphatic heterocycles. The highest BCUT2D eigenvalue weighted by atomic mass is 16.7. The predicted molar refractivity (Wildman–Crippen MR) is 76.1 cm³/mol. The SMILES string of the molecule is C1=CC(CCCOCCOC2CCCCO2)=CCC1. The van der Waals surface area contributed by atoms with E-state index in [4.69, 9.17) is 14.2 Å². The van der Waals surface area contributed by atoms with E-state index in [0.29, 0.717) is 13.2 Å². The van der Waals surface area contributed by atoms with Crippen molar-refractivity contribution in [2.45, 2.75) is 51.2 Å². The van der Waals surface area contributed by atoms with Gasteiger partial charge in [0.1, 0.15) is 0 Å². The van der Waals surface area contributed by atoms with E-state index in [9.17, 15) is 0 Å². The molecule has 1 fully saturated rings. The van der Waals surface area contributed by atoms with E-state index in [2.05, 4.69) is 18.2 Å². The molecule has 0 radical (unpaired) electrons. The van der Waals surface area contributed by atoms with Gasteiger partial charge >= 0.3 is 0 Å². The molecule has 0 N–H and O–H groups in total. The molecule has 0 aromatic heterocycles. The summed E-state index contributed by atoms with van der Waals surface area (Å²) < 4.78 is 16.7. The fraction of sp³-hybridized carbons (Fsp3) is 0.750. The summed E-state index contributed by atoms with van der Waals surface area (Å²) in [6.07, 6.45) is 14.9. The summed E-state index contributed by atoms with van der Waals surface area (Å²) in [6, 6.07) is 0. The van der Waals surface area contributed by atoms with Crippen LogP contribution in [0.4, 0.5) is 0 Å². The maximum absolute atomic E-state index is 5.61. The van der Waals surface area contributed by atoms with E-state index >= 15 is 0 Å². The van der Waals surface area contributed by atoms with Crippen LogP contribution in [0.15, 0.2) is 23.8 Å². The average molecular weight is 266 g/mol. The van der Waals surface area contributed by atoms with Crippen LogP contribution in [0, 0.1) is 0 Å². The van der Waals surface area contributed by atoms with Crippen LogP contribution in [0.5, 0.6) is 0 Å². The molecule has 0 saturated carbocycles. The monoisotopic (exact) mass is 266 g/mol. The first-order valence-electron chi connectivity index (χ1n) is 7.62. The lowest BCUT2D eigenvalue weighted by molar-refractivity contribution is -0.169. The van der Waals surface area contributed by atoms with Crippen LogP contribution in [0.2, 0.25) is 0 Å². The van der Waals surface area contributed by atoms with Gasteiger partial charge in [-0.15, -0.1) is 0 Å². The zero-order valence-electron chi connectivity index (χ0n) is 11.8. The first-order valence-corrected chi connectivity index (χ1v) is 7.62. The molecule has 3 nitrogen and oxygen atoms in total. The quantitative estimate of drug-likeness (QED) is 0.628. The second-order valence-electron chi connectivity index (χ2n) is 5.14. The van der Waals surface area contributed by atoms with Gasteiger partial charge in [0.05, 0.1) is 13.2 Å². The van der Waals surface area contributed by atoms with Crippen molar-refractivity contribution in [3.8, 4) is 0 Å². The Hall–Kier alpha value is -0.640. The van der Waals surface area contributed by atoms with Crippen LogP contribution < -0.4 is 0 Å². The van der Waals surface area contributed by atoms with E-state index in [1.807, 2.05) is 0 Å². The van der Waals surface area contributed by atoms with Gasteiger partial charge in [-0.25, -0.2) is 0 Å². The van der Waals surface area contributed by atoms with Crippen molar-refractivity contribution in [1.29, 1.82) is 0 Å². The number of rotatable bonds is 8. The van der Waals surface area contributed by atoms with Crippen LogP contribution in [0.25, 0.3) is 0 Å². The minimum absolute atomic E-state index is 0.00915. The Bertz CT molecular complexity index is 290.